The highest BCUT2D eigenvalue weighted by molar-refractivity contribution is 5.80. The quantitative estimate of drug-likeness (QED) is 0.619. The number of oxime groups is 1. The minimum Gasteiger partial charge on any atom is -0.438 e. The highest BCUT2D eigenvalue weighted by atomic mass is 19.4. The molecular formula is C19H15F3N4O4. The number of benzene rings is 1. The molecule has 1 aliphatic rings. The predicted octanol–water partition coefficient (Wildman–Crippen LogP) is 4.37. The van der Waals surface area contributed by atoms with E-state index >= 15 is 0 Å². The second-order valence-corrected chi connectivity index (χ2v) is 6.66. The summed E-state index contributed by atoms with van der Waals surface area (Å²) in [6, 6.07) is 8.75. The van der Waals surface area contributed by atoms with Crippen molar-refractivity contribution >= 4 is 5.90 Å². The van der Waals surface area contributed by atoms with Crippen molar-refractivity contribution in [3.05, 3.63) is 54.0 Å². The zero-order chi connectivity index (χ0) is 21.4. The van der Waals surface area contributed by atoms with E-state index in [-0.39, 0.29) is 12.2 Å². The van der Waals surface area contributed by atoms with E-state index in [2.05, 4.69) is 25.1 Å². The van der Waals surface area contributed by atoms with Crippen LogP contribution in [0.3, 0.4) is 0 Å². The monoisotopic (exact) mass is 420 g/mol. The molecule has 3 heterocycles. The van der Waals surface area contributed by atoms with E-state index in [0.717, 1.165) is 0 Å². The van der Waals surface area contributed by atoms with Crippen LogP contribution in [0.1, 0.15) is 24.8 Å². The lowest BCUT2D eigenvalue weighted by molar-refractivity contribution is -0.274. The summed E-state index contributed by atoms with van der Waals surface area (Å²) in [5.74, 6) is 1.15. The number of hydrogen-bond donors (Lipinski definition) is 0. The zero-order valence-corrected chi connectivity index (χ0v) is 15.8. The highest BCUT2D eigenvalue weighted by Gasteiger charge is 2.38. The van der Waals surface area contributed by atoms with Gasteiger partial charge in [0.15, 0.2) is 5.60 Å². The third-order valence-electron chi connectivity index (χ3n) is 4.25. The second kappa shape index (κ2) is 7.32. The van der Waals surface area contributed by atoms with E-state index in [4.69, 9.17) is 14.0 Å². The van der Waals surface area contributed by atoms with E-state index in [9.17, 15) is 13.2 Å². The van der Waals surface area contributed by atoms with Crippen molar-refractivity contribution in [2.24, 2.45) is 5.16 Å². The van der Waals surface area contributed by atoms with Gasteiger partial charge in [0.25, 0.3) is 5.89 Å². The highest BCUT2D eigenvalue weighted by Crippen LogP contribution is 2.36. The molecule has 0 fully saturated rings. The Kier molecular flexibility index (Phi) is 4.80. The first kappa shape index (κ1) is 19.7. The number of pyridine rings is 1. The van der Waals surface area contributed by atoms with Gasteiger partial charge in [-0.05, 0) is 36.8 Å². The average Bonchev–Trinajstić information content (AvgIpc) is 3.28. The van der Waals surface area contributed by atoms with Crippen LogP contribution in [0.2, 0.25) is 0 Å². The summed E-state index contributed by atoms with van der Waals surface area (Å²) < 4.78 is 51.8. The largest absolute Gasteiger partial charge is 0.573 e. The maximum Gasteiger partial charge on any atom is 0.573 e. The van der Waals surface area contributed by atoms with Crippen molar-refractivity contribution in [1.29, 1.82) is 0 Å². The first-order valence-electron chi connectivity index (χ1n) is 8.76. The van der Waals surface area contributed by atoms with Gasteiger partial charge in [0.2, 0.25) is 11.8 Å². The Balaban J connectivity index is 1.40. The van der Waals surface area contributed by atoms with Crippen molar-refractivity contribution in [3.8, 4) is 23.1 Å². The number of hydrogen-bond acceptors (Lipinski definition) is 8. The van der Waals surface area contributed by atoms with Crippen molar-refractivity contribution < 1.29 is 31.9 Å². The molecule has 0 bridgehead atoms. The number of halogens is 3. The molecule has 156 valence electrons. The summed E-state index contributed by atoms with van der Waals surface area (Å²) in [6.45, 7) is 3.44. The van der Waals surface area contributed by atoms with Crippen LogP contribution in [0.15, 0.2) is 52.2 Å². The molecule has 0 radical (unpaired) electrons. The van der Waals surface area contributed by atoms with Crippen LogP contribution in [0.4, 0.5) is 13.2 Å². The lowest BCUT2D eigenvalue weighted by Crippen LogP contribution is -2.23. The summed E-state index contributed by atoms with van der Waals surface area (Å²) in [6.07, 6.45) is -2.99. The molecule has 0 unspecified atom stereocenters. The summed E-state index contributed by atoms with van der Waals surface area (Å²) in [5.41, 5.74) is 0.235. The van der Waals surface area contributed by atoms with Crippen LogP contribution in [-0.2, 0) is 10.4 Å². The molecule has 0 spiro atoms. The van der Waals surface area contributed by atoms with Gasteiger partial charge >= 0.3 is 6.36 Å². The lowest BCUT2D eigenvalue weighted by atomic mass is 9.93. The molecule has 30 heavy (non-hydrogen) atoms. The van der Waals surface area contributed by atoms with E-state index in [0.29, 0.717) is 34.7 Å². The van der Waals surface area contributed by atoms with Gasteiger partial charge in [0, 0.05) is 6.92 Å². The standard InChI is InChI=1S/C19H15F3N4O4/c1-11-24-25-17(27-11)15-8-7-14(10-23-15)28-16-9-18(2,30-26-16)12-3-5-13(6-4-12)29-19(20,21)22/h3-8,10H,9H2,1-2H3/t18-/m1/s1. The third kappa shape index (κ3) is 4.34. The van der Waals surface area contributed by atoms with Crippen LogP contribution in [0, 0.1) is 6.92 Å². The van der Waals surface area contributed by atoms with Gasteiger partial charge in [-0.2, -0.15) is 0 Å². The predicted molar refractivity (Wildman–Crippen MR) is 96.5 cm³/mol. The molecular weight excluding hydrogens is 405 g/mol. The van der Waals surface area contributed by atoms with Gasteiger partial charge in [0.05, 0.1) is 12.6 Å². The zero-order valence-electron chi connectivity index (χ0n) is 15.8. The Morgan fingerprint density at radius 2 is 1.77 bits per heavy atom. The van der Waals surface area contributed by atoms with Crippen molar-refractivity contribution in [2.45, 2.75) is 32.2 Å². The van der Waals surface area contributed by atoms with E-state index in [1.54, 1.807) is 26.0 Å². The fourth-order valence-corrected chi connectivity index (χ4v) is 2.83. The SMILES string of the molecule is Cc1nnc(-c2ccc(OC3=NO[C@@](C)(c4ccc(OC(F)(F)F)cc4)C3)cn2)o1. The van der Waals surface area contributed by atoms with Crippen molar-refractivity contribution in [2.75, 3.05) is 0 Å². The van der Waals surface area contributed by atoms with Gasteiger partial charge in [0.1, 0.15) is 17.2 Å². The molecule has 1 aliphatic heterocycles. The summed E-state index contributed by atoms with van der Waals surface area (Å²) >= 11 is 0. The van der Waals surface area contributed by atoms with Crippen LogP contribution >= 0.6 is 0 Å². The molecule has 0 amide bonds. The Morgan fingerprint density at radius 1 is 1.03 bits per heavy atom. The molecule has 11 heteroatoms. The van der Waals surface area contributed by atoms with E-state index < -0.39 is 12.0 Å². The van der Waals surface area contributed by atoms with Crippen molar-refractivity contribution in [1.82, 2.24) is 15.2 Å². The van der Waals surface area contributed by atoms with Crippen LogP contribution < -0.4 is 9.47 Å². The average molecular weight is 420 g/mol. The Labute approximate surface area is 168 Å². The first-order chi connectivity index (χ1) is 14.2. The number of rotatable bonds is 4. The minimum absolute atomic E-state index is 0.275. The second-order valence-electron chi connectivity index (χ2n) is 6.66. The molecule has 1 atom stereocenters. The number of aryl methyl sites for hydroxylation is 1. The minimum atomic E-state index is -4.74. The Bertz CT molecular complexity index is 1060. The maximum absolute atomic E-state index is 12.3. The number of alkyl halides is 3. The van der Waals surface area contributed by atoms with Gasteiger partial charge in [-0.25, -0.2) is 4.98 Å². The molecule has 8 nitrogen and oxygen atoms in total. The molecule has 0 saturated heterocycles. The van der Waals surface area contributed by atoms with Crippen molar-refractivity contribution in [3.63, 3.8) is 0 Å². The van der Waals surface area contributed by atoms with Gasteiger partial charge in [-0.1, -0.05) is 17.3 Å². The normalized spacial score (nSPS) is 18.6. The summed E-state index contributed by atoms with van der Waals surface area (Å²) in [5, 5.41) is 11.6. The third-order valence-corrected chi connectivity index (χ3v) is 4.25. The molecule has 0 aliphatic carbocycles. The summed E-state index contributed by atoms with van der Waals surface area (Å²) in [7, 11) is 0. The van der Waals surface area contributed by atoms with E-state index in [1.165, 1.54) is 30.5 Å². The van der Waals surface area contributed by atoms with Crippen LogP contribution in [-0.4, -0.2) is 27.4 Å². The number of aromatic nitrogens is 3. The van der Waals surface area contributed by atoms with Crippen LogP contribution in [0.25, 0.3) is 11.6 Å². The Hall–Kier alpha value is -3.63. The van der Waals surface area contributed by atoms with Gasteiger partial charge in [-0.15, -0.1) is 23.4 Å². The smallest absolute Gasteiger partial charge is 0.438 e. The van der Waals surface area contributed by atoms with Gasteiger partial charge in [-0.3, -0.25) is 0 Å². The number of ether oxygens (including phenoxy) is 2. The van der Waals surface area contributed by atoms with Gasteiger partial charge < -0.3 is 18.7 Å². The molecule has 0 saturated carbocycles. The molecule has 1 aromatic carbocycles. The summed E-state index contributed by atoms with van der Waals surface area (Å²) in [4.78, 5) is 9.71. The molecule has 4 rings (SSSR count). The fourth-order valence-electron chi connectivity index (χ4n) is 2.83. The topological polar surface area (TPSA) is 91.9 Å². The maximum atomic E-state index is 12.3. The molecule has 2 aromatic heterocycles. The van der Waals surface area contributed by atoms with Crippen LogP contribution in [0.5, 0.6) is 11.5 Å². The number of nitrogens with zero attached hydrogens (tertiary/aromatic N) is 4. The fraction of sp³-hybridized carbons (Fsp3) is 0.263. The lowest BCUT2D eigenvalue weighted by Gasteiger charge is -2.21. The first-order valence-corrected chi connectivity index (χ1v) is 8.76. The van der Waals surface area contributed by atoms with E-state index in [1.807, 2.05) is 0 Å². The Morgan fingerprint density at radius 3 is 2.37 bits per heavy atom. The molecule has 3 aromatic rings. The molecule has 0 N–H and O–H groups in total.